The SMILES string of the molecule is CC/C=C\C/C=C\C/C=C\C/C=C\C/C=C\C/C=C\CCCCCCCCCCC(=O)OCC(COC(=O)CCCCCCCCCCCC)OC(=O)CCCCCCCCCCCCCCCC/C=C\C/C=C\C/C=C\C/C=C\CC. The number of unbranched alkanes of at least 4 members (excludes halogenated alkanes) is 31. The van der Waals surface area contributed by atoms with Crippen LogP contribution in [0.1, 0.15) is 323 Å². The minimum atomic E-state index is -0.783. The molecule has 6 heteroatoms. The van der Waals surface area contributed by atoms with Gasteiger partial charge in [0.05, 0.1) is 0 Å². The predicted octanol–water partition coefficient (Wildman–Crippen LogP) is 23.9. The lowest BCUT2D eigenvalue weighted by molar-refractivity contribution is -0.167. The fourth-order valence-electron chi connectivity index (χ4n) is 9.62. The maximum absolute atomic E-state index is 12.9. The van der Waals surface area contributed by atoms with E-state index in [1.807, 2.05) is 0 Å². The van der Waals surface area contributed by atoms with Gasteiger partial charge < -0.3 is 14.2 Å². The maximum atomic E-state index is 12.9. The fraction of sp³-hybridized carbons (Fsp3) is 0.697. The van der Waals surface area contributed by atoms with Crippen molar-refractivity contribution in [3.05, 3.63) is 122 Å². The van der Waals surface area contributed by atoms with Crippen LogP contribution in [0.2, 0.25) is 0 Å². The standard InChI is InChI=1S/C76H128O6/c1-4-7-10-13-16-19-22-24-26-28-30-32-34-36-38-40-42-44-46-48-50-52-54-57-60-63-66-69-75(78)81-72-73(71-80-74(77)68-65-62-59-56-21-18-15-12-9-6-3)82-76(79)70-67-64-61-58-55-53-51-49-47-45-43-41-39-37-35-33-31-29-27-25-23-20-17-14-11-8-5-2/h7-8,10-11,16-17,19-20,24-27,30-33,36,38,42,44,73H,4-6,9,12-15,18,21-23,28-29,34-35,37,39-41,43,45-72H2,1-3H3/b10-7-,11-8-,19-16-,20-17-,26-24-,27-25-,32-30-,33-31-,38-36-,44-42-. The van der Waals surface area contributed by atoms with Crippen molar-refractivity contribution in [3.8, 4) is 0 Å². The molecule has 468 valence electrons. The number of carbonyl (C=O) groups excluding carboxylic acids is 3. The molecule has 0 rings (SSSR count). The van der Waals surface area contributed by atoms with Gasteiger partial charge in [-0.2, -0.15) is 0 Å². The average Bonchev–Trinajstić information content (AvgIpc) is 3.48. The van der Waals surface area contributed by atoms with E-state index in [1.54, 1.807) is 0 Å². The molecular weight excluding hydrogens is 1010 g/mol. The summed E-state index contributed by atoms with van der Waals surface area (Å²) in [5, 5.41) is 0. The molecule has 0 fully saturated rings. The van der Waals surface area contributed by atoms with Gasteiger partial charge in [0.2, 0.25) is 0 Å². The number of ether oxygens (including phenoxy) is 3. The Morgan fingerprint density at radius 1 is 0.256 bits per heavy atom. The minimum Gasteiger partial charge on any atom is -0.462 e. The van der Waals surface area contributed by atoms with Crippen LogP contribution in [0.3, 0.4) is 0 Å². The van der Waals surface area contributed by atoms with E-state index in [1.165, 1.54) is 154 Å². The summed E-state index contributed by atoms with van der Waals surface area (Å²) >= 11 is 0. The molecule has 0 saturated heterocycles. The second-order valence-corrected chi connectivity index (χ2v) is 22.7. The van der Waals surface area contributed by atoms with Gasteiger partial charge in [0.15, 0.2) is 6.10 Å². The highest BCUT2D eigenvalue weighted by atomic mass is 16.6. The van der Waals surface area contributed by atoms with Crippen molar-refractivity contribution in [2.45, 2.75) is 329 Å². The van der Waals surface area contributed by atoms with Crippen LogP contribution < -0.4 is 0 Å². The first-order valence-corrected chi connectivity index (χ1v) is 34.5. The summed E-state index contributed by atoms with van der Waals surface area (Å²) < 4.78 is 16.9. The summed E-state index contributed by atoms with van der Waals surface area (Å²) in [6, 6.07) is 0. The van der Waals surface area contributed by atoms with Crippen LogP contribution in [0.4, 0.5) is 0 Å². The molecule has 0 aliphatic rings. The Hall–Kier alpha value is -4.19. The summed E-state index contributed by atoms with van der Waals surface area (Å²) in [6.45, 7) is 6.42. The third kappa shape index (κ3) is 66.6. The van der Waals surface area contributed by atoms with Gasteiger partial charge in [-0.3, -0.25) is 14.4 Å². The smallest absolute Gasteiger partial charge is 0.306 e. The van der Waals surface area contributed by atoms with E-state index < -0.39 is 6.10 Å². The predicted molar refractivity (Wildman–Crippen MR) is 357 cm³/mol. The van der Waals surface area contributed by atoms with E-state index in [9.17, 15) is 14.4 Å². The molecule has 0 aromatic heterocycles. The average molecular weight is 1140 g/mol. The number of allylic oxidation sites excluding steroid dienone is 20. The highest BCUT2D eigenvalue weighted by molar-refractivity contribution is 5.71. The number of hydrogen-bond donors (Lipinski definition) is 0. The molecule has 0 spiro atoms. The first kappa shape index (κ1) is 77.8. The van der Waals surface area contributed by atoms with Crippen molar-refractivity contribution in [1.82, 2.24) is 0 Å². The molecule has 82 heavy (non-hydrogen) atoms. The van der Waals surface area contributed by atoms with Gasteiger partial charge in [0.25, 0.3) is 0 Å². The molecule has 0 saturated carbocycles. The second kappa shape index (κ2) is 69.3. The molecule has 0 N–H and O–H groups in total. The molecule has 0 aliphatic carbocycles. The van der Waals surface area contributed by atoms with Crippen LogP contribution >= 0.6 is 0 Å². The van der Waals surface area contributed by atoms with Gasteiger partial charge in [0, 0.05) is 19.3 Å². The Kier molecular flexibility index (Phi) is 65.8. The molecule has 0 bridgehead atoms. The van der Waals surface area contributed by atoms with Gasteiger partial charge in [-0.15, -0.1) is 0 Å². The van der Waals surface area contributed by atoms with Crippen molar-refractivity contribution < 1.29 is 28.6 Å². The summed E-state index contributed by atoms with van der Waals surface area (Å²) in [7, 11) is 0. The molecule has 1 unspecified atom stereocenters. The van der Waals surface area contributed by atoms with Crippen LogP contribution in [-0.4, -0.2) is 37.2 Å². The highest BCUT2D eigenvalue weighted by Gasteiger charge is 2.19. The summed E-state index contributed by atoms with van der Waals surface area (Å²) in [4.78, 5) is 38.3. The van der Waals surface area contributed by atoms with Crippen molar-refractivity contribution in [3.63, 3.8) is 0 Å². The van der Waals surface area contributed by atoms with E-state index in [0.29, 0.717) is 19.3 Å². The van der Waals surface area contributed by atoms with E-state index in [2.05, 4.69) is 142 Å². The van der Waals surface area contributed by atoms with E-state index >= 15 is 0 Å². The maximum Gasteiger partial charge on any atom is 0.306 e. The van der Waals surface area contributed by atoms with Crippen LogP contribution in [0.5, 0.6) is 0 Å². The topological polar surface area (TPSA) is 78.9 Å². The Balaban J connectivity index is 4.24. The first-order valence-electron chi connectivity index (χ1n) is 34.5. The Morgan fingerprint density at radius 2 is 0.476 bits per heavy atom. The zero-order valence-electron chi connectivity index (χ0n) is 53.7. The number of carbonyl (C=O) groups is 3. The Morgan fingerprint density at radius 3 is 0.744 bits per heavy atom. The molecular formula is C76H128O6. The zero-order valence-corrected chi connectivity index (χ0v) is 53.7. The van der Waals surface area contributed by atoms with Crippen LogP contribution in [-0.2, 0) is 28.6 Å². The van der Waals surface area contributed by atoms with Gasteiger partial charge in [-0.25, -0.2) is 0 Å². The van der Waals surface area contributed by atoms with E-state index in [4.69, 9.17) is 14.2 Å². The van der Waals surface area contributed by atoms with Crippen molar-refractivity contribution in [2.75, 3.05) is 13.2 Å². The molecule has 0 radical (unpaired) electrons. The third-order valence-corrected chi connectivity index (χ3v) is 14.7. The molecule has 1 atom stereocenters. The minimum absolute atomic E-state index is 0.0791. The van der Waals surface area contributed by atoms with E-state index in [0.717, 1.165) is 128 Å². The molecule has 0 amide bonds. The van der Waals surface area contributed by atoms with Crippen molar-refractivity contribution in [1.29, 1.82) is 0 Å². The monoisotopic (exact) mass is 1140 g/mol. The molecule has 0 aromatic carbocycles. The third-order valence-electron chi connectivity index (χ3n) is 14.7. The van der Waals surface area contributed by atoms with Crippen molar-refractivity contribution >= 4 is 17.9 Å². The zero-order chi connectivity index (χ0) is 59.2. The lowest BCUT2D eigenvalue weighted by atomic mass is 10.0. The summed E-state index contributed by atoms with van der Waals surface area (Å²) in [5.41, 5.74) is 0. The Labute approximate surface area is 507 Å². The lowest BCUT2D eigenvalue weighted by Crippen LogP contribution is -2.30. The number of esters is 3. The Bertz CT molecular complexity index is 1690. The summed E-state index contributed by atoms with van der Waals surface area (Å²) in [5.74, 6) is -0.880. The van der Waals surface area contributed by atoms with Gasteiger partial charge in [-0.05, 0) is 109 Å². The second-order valence-electron chi connectivity index (χ2n) is 22.7. The van der Waals surface area contributed by atoms with Crippen LogP contribution in [0, 0.1) is 0 Å². The van der Waals surface area contributed by atoms with E-state index in [-0.39, 0.29) is 31.1 Å². The summed E-state index contributed by atoms with van der Waals surface area (Å²) in [6.07, 6.45) is 96.5. The number of hydrogen-bond acceptors (Lipinski definition) is 6. The normalized spacial score (nSPS) is 12.9. The largest absolute Gasteiger partial charge is 0.462 e. The molecule has 0 aliphatic heterocycles. The molecule has 0 aromatic rings. The molecule has 6 nitrogen and oxygen atoms in total. The lowest BCUT2D eigenvalue weighted by Gasteiger charge is -2.18. The molecule has 0 heterocycles. The van der Waals surface area contributed by atoms with Gasteiger partial charge >= 0.3 is 17.9 Å². The van der Waals surface area contributed by atoms with Crippen LogP contribution in [0.15, 0.2) is 122 Å². The highest BCUT2D eigenvalue weighted by Crippen LogP contribution is 2.17. The fourth-order valence-corrected chi connectivity index (χ4v) is 9.62. The quantitative estimate of drug-likeness (QED) is 0.0261. The first-order chi connectivity index (χ1) is 40.5. The van der Waals surface area contributed by atoms with Crippen molar-refractivity contribution in [2.24, 2.45) is 0 Å². The van der Waals surface area contributed by atoms with Crippen LogP contribution in [0.25, 0.3) is 0 Å². The number of rotatable bonds is 62. The van der Waals surface area contributed by atoms with Gasteiger partial charge in [0.1, 0.15) is 13.2 Å². The van der Waals surface area contributed by atoms with Gasteiger partial charge in [-0.1, -0.05) is 316 Å².